The van der Waals surface area contributed by atoms with Gasteiger partial charge in [-0.15, -0.1) is 0 Å². The third-order valence-electron chi connectivity index (χ3n) is 4.35. The van der Waals surface area contributed by atoms with Crippen molar-refractivity contribution in [1.29, 1.82) is 0 Å². The van der Waals surface area contributed by atoms with Gasteiger partial charge in [0.2, 0.25) is 0 Å². The van der Waals surface area contributed by atoms with Gasteiger partial charge in [0.1, 0.15) is 11.5 Å². The second kappa shape index (κ2) is 13.8. The summed E-state index contributed by atoms with van der Waals surface area (Å²) in [6, 6.07) is 10.4. The average molecular weight is 473 g/mol. The highest BCUT2D eigenvalue weighted by molar-refractivity contribution is 6.02. The zero-order chi connectivity index (χ0) is 25.8. The molecule has 8 heteroatoms. The van der Waals surface area contributed by atoms with Crippen molar-refractivity contribution < 1.29 is 38.5 Å². The van der Waals surface area contributed by atoms with E-state index in [9.17, 15) is 24.3 Å². The van der Waals surface area contributed by atoms with Gasteiger partial charge in [0.05, 0.1) is 35.8 Å². The quantitative estimate of drug-likeness (QED) is 0.330. The van der Waals surface area contributed by atoms with Gasteiger partial charge in [-0.2, -0.15) is 0 Å². The van der Waals surface area contributed by atoms with Crippen LogP contribution in [0.1, 0.15) is 72.6 Å². The number of Topliss-reactive ketones (excluding diaryl/α,β-unsaturated/α-hetero) is 1. The summed E-state index contributed by atoms with van der Waals surface area (Å²) in [7, 11) is 0. The fourth-order valence-electron chi connectivity index (χ4n) is 2.49. The molecule has 0 aliphatic heterocycles. The minimum Gasteiger partial charge on any atom is -0.507 e. The summed E-state index contributed by atoms with van der Waals surface area (Å²) in [6.07, 6.45) is 0. The Morgan fingerprint density at radius 1 is 0.765 bits per heavy atom. The molecule has 0 aromatic heterocycles. The van der Waals surface area contributed by atoms with E-state index in [1.807, 2.05) is 0 Å². The lowest BCUT2D eigenvalue weighted by Gasteiger charge is -2.08. The fourth-order valence-corrected chi connectivity index (χ4v) is 2.49. The highest BCUT2D eigenvalue weighted by atomic mass is 16.5. The number of carbonyl (C=O) groups excluding carboxylic acids is 4. The Hall–Kier alpha value is -3.68. The SMILES string of the molecule is CCOC(=O)c1ccc(O)c(C(=O)C(C)C)c1.CCOC(=O)c1ccc(OC(=O)C(C)C)cc1. The van der Waals surface area contributed by atoms with Crippen LogP contribution in [0.4, 0.5) is 0 Å². The van der Waals surface area contributed by atoms with E-state index in [1.54, 1.807) is 65.8 Å². The number of phenolic OH excluding ortho intramolecular Hbond substituents is 1. The zero-order valence-corrected chi connectivity index (χ0v) is 20.4. The summed E-state index contributed by atoms with van der Waals surface area (Å²) in [5.74, 6) is -1.48. The number of carbonyl (C=O) groups is 4. The molecule has 2 rings (SSSR count). The van der Waals surface area contributed by atoms with E-state index >= 15 is 0 Å². The maximum absolute atomic E-state index is 11.8. The van der Waals surface area contributed by atoms with E-state index in [0.29, 0.717) is 17.9 Å². The molecule has 0 bridgehead atoms. The molecule has 0 atom stereocenters. The fraction of sp³-hybridized carbons (Fsp3) is 0.385. The molecule has 34 heavy (non-hydrogen) atoms. The van der Waals surface area contributed by atoms with Crippen molar-refractivity contribution in [1.82, 2.24) is 0 Å². The van der Waals surface area contributed by atoms with E-state index in [0.717, 1.165) is 0 Å². The van der Waals surface area contributed by atoms with Gasteiger partial charge in [-0.3, -0.25) is 9.59 Å². The molecule has 0 aliphatic carbocycles. The number of benzene rings is 2. The van der Waals surface area contributed by atoms with Crippen LogP contribution in [0.15, 0.2) is 42.5 Å². The summed E-state index contributed by atoms with van der Waals surface area (Å²) >= 11 is 0. The van der Waals surface area contributed by atoms with Gasteiger partial charge in [0, 0.05) is 5.92 Å². The highest BCUT2D eigenvalue weighted by Gasteiger charge is 2.17. The van der Waals surface area contributed by atoms with Gasteiger partial charge in [0.25, 0.3) is 0 Å². The first-order valence-electron chi connectivity index (χ1n) is 11.0. The Balaban J connectivity index is 0.000000340. The van der Waals surface area contributed by atoms with Crippen LogP contribution in [0.2, 0.25) is 0 Å². The third kappa shape index (κ3) is 8.69. The van der Waals surface area contributed by atoms with Crippen molar-refractivity contribution in [3.63, 3.8) is 0 Å². The van der Waals surface area contributed by atoms with Crippen molar-refractivity contribution in [2.45, 2.75) is 41.5 Å². The topological polar surface area (TPSA) is 116 Å². The molecule has 0 amide bonds. The molecule has 0 fully saturated rings. The lowest BCUT2D eigenvalue weighted by molar-refractivity contribution is -0.137. The van der Waals surface area contributed by atoms with Gasteiger partial charge >= 0.3 is 17.9 Å². The molecule has 2 aromatic rings. The highest BCUT2D eigenvalue weighted by Crippen LogP contribution is 2.22. The Morgan fingerprint density at radius 2 is 1.26 bits per heavy atom. The van der Waals surface area contributed by atoms with E-state index in [4.69, 9.17) is 14.2 Å². The predicted octanol–water partition coefficient (Wildman–Crippen LogP) is 4.83. The number of ether oxygens (including phenoxy) is 3. The predicted molar refractivity (Wildman–Crippen MR) is 126 cm³/mol. The van der Waals surface area contributed by atoms with E-state index in [2.05, 4.69) is 0 Å². The van der Waals surface area contributed by atoms with Crippen LogP contribution in [-0.2, 0) is 14.3 Å². The summed E-state index contributed by atoms with van der Waals surface area (Å²) in [4.78, 5) is 45.9. The molecule has 0 spiro atoms. The molecule has 1 N–H and O–H groups in total. The maximum Gasteiger partial charge on any atom is 0.338 e. The normalized spacial score (nSPS) is 10.2. The van der Waals surface area contributed by atoms with Crippen molar-refractivity contribution in [2.75, 3.05) is 13.2 Å². The lowest BCUT2D eigenvalue weighted by atomic mass is 9.98. The van der Waals surface area contributed by atoms with E-state index in [1.165, 1.54) is 18.2 Å². The van der Waals surface area contributed by atoms with Crippen molar-refractivity contribution in [2.24, 2.45) is 11.8 Å². The largest absolute Gasteiger partial charge is 0.507 e. The molecular formula is C26H32O8. The first-order valence-corrected chi connectivity index (χ1v) is 11.0. The smallest absolute Gasteiger partial charge is 0.338 e. The molecule has 184 valence electrons. The average Bonchev–Trinajstić information content (AvgIpc) is 2.80. The first-order chi connectivity index (χ1) is 16.0. The minimum absolute atomic E-state index is 0.114. The van der Waals surface area contributed by atoms with Crippen LogP contribution in [0.25, 0.3) is 0 Å². The molecule has 0 radical (unpaired) electrons. The second-order valence-corrected chi connectivity index (χ2v) is 7.79. The summed E-state index contributed by atoms with van der Waals surface area (Å²) in [5.41, 5.74) is 0.871. The van der Waals surface area contributed by atoms with Crippen LogP contribution < -0.4 is 4.74 Å². The van der Waals surface area contributed by atoms with Crippen LogP contribution in [0.3, 0.4) is 0 Å². The van der Waals surface area contributed by atoms with Crippen molar-refractivity contribution >= 4 is 23.7 Å². The number of ketones is 1. The first kappa shape index (κ1) is 28.4. The number of phenols is 1. The van der Waals surface area contributed by atoms with Gasteiger partial charge in [0.15, 0.2) is 5.78 Å². The Kier molecular flexibility index (Phi) is 11.5. The number of hydrogen-bond donors (Lipinski definition) is 1. The van der Waals surface area contributed by atoms with Crippen LogP contribution in [0, 0.1) is 11.8 Å². The Bertz CT molecular complexity index is 990. The summed E-state index contributed by atoms with van der Waals surface area (Å²) in [5, 5.41) is 9.59. The molecule has 0 unspecified atom stereocenters. The molecule has 2 aromatic carbocycles. The van der Waals surface area contributed by atoms with Gasteiger partial charge in [-0.05, 0) is 56.3 Å². The van der Waals surface area contributed by atoms with Crippen LogP contribution in [0.5, 0.6) is 11.5 Å². The zero-order valence-electron chi connectivity index (χ0n) is 20.4. The molecule has 0 saturated carbocycles. The number of esters is 3. The second-order valence-electron chi connectivity index (χ2n) is 7.79. The number of aromatic hydroxyl groups is 1. The molecule has 0 heterocycles. The van der Waals surface area contributed by atoms with Crippen LogP contribution in [-0.4, -0.2) is 42.0 Å². The molecule has 8 nitrogen and oxygen atoms in total. The number of rotatable bonds is 8. The van der Waals surface area contributed by atoms with Crippen molar-refractivity contribution in [3.05, 3.63) is 59.2 Å². The van der Waals surface area contributed by atoms with Gasteiger partial charge in [-0.1, -0.05) is 27.7 Å². The minimum atomic E-state index is -0.495. The monoisotopic (exact) mass is 472 g/mol. The van der Waals surface area contributed by atoms with Gasteiger partial charge in [-0.25, -0.2) is 9.59 Å². The number of hydrogen-bond acceptors (Lipinski definition) is 8. The van der Waals surface area contributed by atoms with Crippen LogP contribution >= 0.6 is 0 Å². The van der Waals surface area contributed by atoms with E-state index < -0.39 is 5.97 Å². The third-order valence-corrected chi connectivity index (χ3v) is 4.35. The summed E-state index contributed by atoms with van der Waals surface area (Å²) < 4.78 is 14.8. The molecule has 0 saturated heterocycles. The Morgan fingerprint density at radius 3 is 1.74 bits per heavy atom. The standard InChI is InChI=1S/2C13H16O4/c1-4-16-13(15)10-5-7-11(8-6-10)17-12(14)9(2)3;1-4-17-13(16)9-5-6-11(14)10(7-9)12(15)8(2)3/h5-9H,4H2,1-3H3;5-8,14H,4H2,1-3H3. The van der Waals surface area contributed by atoms with E-state index in [-0.39, 0.29) is 53.0 Å². The summed E-state index contributed by atoms with van der Waals surface area (Å²) in [6.45, 7) is 11.0. The Labute approximate surface area is 199 Å². The van der Waals surface area contributed by atoms with Gasteiger partial charge < -0.3 is 19.3 Å². The molecular weight excluding hydrogens is 440 g/mol. The maximum atomic E-state index is 11.8. The van der Waals surface area contributed by atoms with Crippen molar-refractivity contribution in [3.8, 4) is 11.5 Å². The molecule has 0 aliphatic rings. The lowest BCUT2D eigenvalue weighted by Crippen LogP contribution is -2.14.